The number of aliphatic imine (C=N–C) groups is 1. The molecule has 1 amide bonds. The van der Waals surface area contributed by atoms with Crippen LogP contribution in [-0.4, -0.2) is 24.8 Å². The maximum absolute atomic E-state index is 12.2. The highest BCUT2D eigenvalue weighted by Crippen LogP contribution is 2.30. The van der Waals surface area contributed by atoms with Gasteiger partial charge in [0.25, 0.3) is 5.91 Å². The van der Waals surface area contributed by atoms with E-state index in [2.05, 4.69) is 38.8 Å². The minimum atomic E-state index is -0.171. The molecule has 0 spiro atoms. The topological polar surface area (TPSA) is 59.9 Å². The van der Waals surface area contributed by atoms with Crippen LogP contribution in [0.25, 0.3) is 6.08 Å². The molecular weight excluding hydrogens is 475 g/mol. The molecule has 0 atom stereocenters. The van der Waals surface area contributed by atoms with Crippen LogP contribution in [-0.2, 0) is 4.79 Å². The molecule has 7 heteroatoms. The molecule has 2 aromatic rings. The molecule has 1 saturated heterocycles. The standard InChI is InChI=1S/C20H15IN2O3S/c1-3-10-26-17-9-4-13(11-16(17)21)12-18-19(24)23-20(27-18)22-14-5-7-15(25-2)8-6-14/h1,4-9,11-12H,10H2,2H3,(H,22,23,24)/b18-12+. The summed E-state index contributed by atoms with van der Waals surface area (Å²) >= 11 is 3.48. The molecule has 1 heterocycles. The van der Waals surface area contributed by atoms with Crippen LogP contribution in [0.4, 0.5) is 5.69 Å². The van der Waals surface area contributed by atoms with Gasteiger partial charge in [-0.3, -0.25) is 4.79 Å². The quantitative estimate of drug-likeness (QED) is 0.388. The monoisotopic (exact) mass is 490 g/mol. The smallest absolute Gasteiger partial charge is 0.264 e. The van der Waals surface area contributed by atoms with E-state index in [1.807, 2.05) is 48.5 Å². The molecule has 0 aromatic heterocycles. The van der Waals surface area contributed by atoms with E-state index in [0.717, 1.165) is 26.3 Å². The predicted octanol–water partition coefficient (Wildman–Crippen LogP) is 4.20. The molecule has 3 rings (SSSR count). The van der Waals surface area contributed by atoms with Crippen molar-refractivity contribution >= 4 is 57.2 Å². The molecule has 0 unspecified atom stereocenters. The number of carbonyl (C=O) groups excluding carboxylic acids is 1. The Morgan fingerprint density at radius 3 is 2.74 bits per heavy atom. The number of nitrogens with one attached hydrogen (secondary N) is 1. The Morgan fingerprint density at radius 2 is 2.07 bits per heavy atom. The molecule has 0 bridgehead atoms. The van der Waals surface area contributed by atoms with Crippen molar-refractivity contribution in [3.8, 4) is 23.8 Å². The van der Waals surface area contributed by atoms with Gasteiger partial charge in [-0.1, -0.05) is 12.0 Å². The van der Waals surface area contributed by atoms with Crippen LogP contribution in [0.1, 0.15) is 5.56 Å². The lowest BCUT2D eigenvalue weighted by Crippen LogP contribution is -2.19. The molecule has 0 aliphatic carbocycles. The third-order valence-corrected chi connectivity index (χ3v) is 5.27. The number of thioether (sulfide) groups is 1. The first-order chi connectivity index (χ1) is 13.1. The Kier molecular flexibility index (Phi) is 6.42. The Morgan fingerprint density at radius 1 is 1.30 bits per heavy atom. The number of benzene rings is 2. The number of carbonyl (C=O) groups is 1. The average molecular weight is 490 g/mol. The van der Waals surface area contributed by atoms with Gasteiger partial charge in [0.15, 0.2) is 5.17 Å². The maximum atomic E-state index is 12.2. The SMILES string of the molecule is C#CCOc1ccc(/C=C2/SC(=Nc3ccc(OC)cc3)NC2=O)cc1I. The van der Waals surface area contributed by atoms with Gasteiger partial charge in [0.1, 0.15) is 18.1 Å². The number of methoxy groups -OCH3 is 1. The normalized spacial score (nSPS) is 16.3. The number of halogens is 1. The molecular formula is C20H15IN2O3S. The summed E-state index contributed by atoms with van der Waals surface area (Å²) < 4.78 is 11.5. The van der Waals surface area contributed by atoms with E-state index >= 15 is 0 Å². The van der Waals surface area contributed by atoms with E-state index in [9.17, 15) is 4.79 Å². The number of hydrogen-bond acceptors (Lipinski definition) is 5. The second kappa shape index (κ2) is 8.97. The van der Waals surface area contributed by atoms with Gasteiger partial charge >= 0.3 is 0 Å². The fourth-order valence-corrected chi connectivity index (χ4v) is 3.79. The van der Waals surface area contributed by atoms with Gasteiger partial charge < -0.3 is 14.8 Å². The van der Waals surface area contributed by atoms with Gasteiger partial charge in [-0.05, 0) is 82.4 Å². The number of ether oxygens (including phenoxy) is 2. The summed E-state index contributed by atoms with van der Waals surface area (Å²) in [4.78, 5) is 17.3. The zero-order valence-corrected chi connectivity index (χ0v) is 17.3. The predicted molar refractivity (Wildman–Crippen MR) is 117 cm³/mol. The van der Waals surface area contributed by atoms with Crippen LogP contribution in [0, 0.1) is 15.9 Å². The van der Waals surface area contributed by atoms with E-state index in [0.29, 0.717) is 10.1 Å². The van der Waals surface area contributed by atoms with Gasteiger partial charge in [0, 0.05) is 0 Å². The van der Waals surface area contributed by atoms with Gasteiger partial charge in [-0.25, -0.2) is 4.99 Å². The Labute approximate surface area is 175 Å². The highest BCUT2D eigenvalue weighted by atomic mass is 127. The summed E-state index contributed by atoms with van der Waals surface area (Å²) in [5.41, 5.74) is 1.64. The molecule has 1 aliphatic heterocycles. The summed E-state index contributed by atoms with van der Waals surface area (Å²) in [5.74, 6) is 3.75. The second-order valence-corrected chi connectivity index (χ2v) is 7.56. The van der Waals surface area contributed by atoms with Crippen LogP contribution in [0.5, 0.6) is 11.5 Å². The number of amidine groups is 1. The van der Waals surface area contributed by atoms with Crippen molar-refractivity contribution in [3.05, 3.63) is 56.5 Å². The van der Waals surface area contributed by atoms with Gasteiger partial charge in [-0.15, -0.1) is 6.42 Å². The number of terminal acetylenes is 1. The lowest BCUT2D eigenvalue weighted by atomic mass is 10.2. The summed E-state index contributed by atoms with van der Waals surface area (Å²) in [6.45, 7) is 0.222. The number of hydrogen-bond donors (Lipinski definition) is 1. The number of rotatable bonds is 5. The van der Waals surface area contributed by atoms with E-state index < -0.39 is 0 Å². The molecule has 1 N–H and O–H groups in total. The fourth-order valence-electron chi connectivity index (χ4n) is 2.25. The lowest BCUT2D eigenvalue weighted by molar-refractivity contribution is -0.115. The van der Waals surface area contributed by atoms with Crippen molar-refractivity contribution in [3.63, 3.8) is 0 Å². The van der Waals surface area contributed by atoms with E-state index in [1.165, 1.54) is 11.8 Å². The third-order valence-electron chi connectivity index (χ3n) is 3.52. The fraction of sp³-hybridized carbons (Fsp3) is 0.100. The van der Waals surface area contributed by atoms with Crippen molar-refractivity contribution in [2.75, 3.05) is 13.7 Å². The lowest BCUT2D eigenvalue weighted by Gasteiger charge is -2.05. The first kappa shape index (κ1) is 19.3. The molecule has 136 valence electrons. The maximum Gasteiger partial charge on any atom is 0.264 e. The van der Waals surface area contributed by atoms with Crippen LogP contribution >= 0.6 is 34.4 Å². The first-order valence-corrected chi connectivity index (χ1v) is 9.78. The molecule has 27 heavy (non-hydrogen) atoms. The van der Waals surface area contributed by atoms with Crippen molar-refractivity contribution in [1.82, 2.24) is 5.32 Å². The zero-order chi connectivity index (χ0) is 19.2. The van der Waals surface area contributed by atoms with E-state index in [1.54, 1.807) is 7.11 Å². The highest BCUT2D eigenvalue weighted by Gasteiger charge is 2.23. The average Bonchev–Trinajstić information content (AvgIpc) is 3.00. The third kappa shape index (κ3) is 5.05. The van der Waals surface area contributed by atoms with Crippen LogP contribution < -0.4 is 14.8 Å². The highest BCUT2D eigenvalue weighted by molar-refractivity contribution is 14.1. The molecule has 1 aliphatic rings. The van der Waals surface area contributed by atoms with Crippen LogP contribution in [0.3, 0.4) is 0 Å². The van der Waals surface area contributed by atoms with Crippen LogP contribution in [0.15, 0.2) is 52.4 Å². The van der Waals surface area contributed by atoms with Gasteiger partial charge in [-0.2, -0.15) is 0 Å². The molecule has 1 fully saturated rings. The van der Waals surface area contributed by atoms with Crippen molar-refractivity contribution < 1.29 is 14.3 Å². The number of amides is 1. The van der Waals surface area contributed by atoms with Crippen molar-refractivity contribution in [2.45, 2.75) is 0 Å². The summed E-state index contributed by atoms with van der Waals surface area (Å²) in [6, 6.07) is 13.0. The van der Waals surface area contributed by atoms with Gasteiger partial charge in [0.05, 0.1) is 21.3 Å². The largest absolute Gasteiger partial charge is 0.497 e. The van der Waals surface area contributed by atoms with Gasteiger partial charge in [0.2, 0.25) is 0 Å². The van der Waals surface area contributed by atoms with E-state index in [4.69, 9.17) is 15.9 Å². The summed E-state index contributed by atoms with van der Waals surface area (Å²) in [7, 11) is 1.61. The molecule has 2 aromatic carbocycles. The second-order valence-electron chi connectivity index (χ2n) is 5.36. The van der Waals surface area contributed by atoms with E-state index in [-0.39, 0.29) is 12.5 Å². The minimum Gasteiger partial charge on any atom is -0.497 e. The summed E-state index contributed by atoms with van der Waals surface area (Å²) in [5, 5.41) is 3.32. The number of nitrogens with zero attached hydrogens (tertiary/aromatic N) is 1. The Hall–Kier alpha value is -2.44. The van der Waals surface area contributed by atoms with Crippen molar-refractivity contribution in [1.29, 1.82) is 0 Å². The first-order valence-electron chi connectivity index (χ1n) is 7.88. The Bertz CT molecular complexity index is 962. The minimum absolute atomic E-state index is 0.171. The van der Waals surface area contributed by atoms with Crippen LogP contribution in [0.2, 0.25) is 0 Å². The van der Waals surface area contributed by atoms with Crippen molar-refractivity contribution in [2.24, 2.45) is 4.99 Å². The molecule has 0 radical (unpaired) electrons. The molecule has 5 nitrogen and oxygen atoms in total. The summed E-state index contributed by atoms with van der Waals surface area (Å²) in [6.07, 6.45) is 7.03. The zero-order valence-electron chi connectivity index (χ0n) is 14.4. The molecule has 0 saturated carbocycles. The Balaban J connectivity index is 1.75.